The van der Waals surface area contributed by atoms with Gasteiger partial charge in [0.1, 0.15) is 11.4 Å². The molecule has 5 nitrogen and oxygen atoms in total. The summed E-state index contributed by atoms with van der Waals surface area (Å²) in [6, 6.07) is 1.03. The number of carbonyl (C=O) groups excluding carboxylic acids is 1. The number of thioether (sulfide) groups is 1. The first kappa shape index (κ1) is 12.8. The van der Waals surface area contributed by atoms with Gasteiger partial charge >= 0.3 is 5.97 Å². The van der Waals surface area contributed by atoms with E-state index in [9.17, 15) is 19.1 Å². The van der Waals surface area contributed by atoms with Gasteiger partial charge in [-0.2, -0.15) is 11.8 Å². The van der Waals surface area contributed by atoms with Gasteiger partial charge in [-0.05, 0) is 18.2 Å². The third-order valence-electron chi connectivity index (χ3n) is 2.75. The zero-order chi connectivity index (χ0) is 13.2. The fourth-order valence-corrected chi connectivity index (χ4v) is 3.04. The molecule has 1 amide bonds. The van der Waals surface area contributed by atoms with E-state index in [1.807, 2.05) is 0 Å². The van der Waals surface area contributed by atoms with E-state index < -0.39 is 23.2 Å². The number of aliphatic carboxylic acids is 1. The molecule has 96 valence electrons. The summed E-state index contributed by atoms with van der Waals surface area (Å²) in [5.41, 5.74) is -1.24. The van der Waals surface area contributed by atoms with Crippen LogP contribution < -0.4 is 5.32 Å². The number of carbonyl (C=O) groups is 2. The minimum absolute atomic E-state index is 0.0209. The van der Waals surface area contributed by atoms with Crippen LogP contribution in [0.4, 0.5) is 4.39 Å². The van der Waals surface area contributed by atoms with Crippen molar-refractivity contribution < 1.29 is 19.1 Å². The summed E-state index contributed by atoms with van der Waals surface area (Å²) in [4.78, 5) is 26.7. The smallest absolute Gasteiger partial charge is 0.330 e. The Morgan fingerprint density at radius 2 is 2.28 bits per heavy atom. The SMILES string of the molecule is O=C(NC1(C(=O)O)CCSC1)c1cncc(F)c1. The molecule has 7 heteroatoms. The Kier molecular flexibility index (Phi) is 3.51. The number of amides is 1. The standard InChI is InChI=1S/C11H11FN2O3S/c12-8-3-7(4-13-5-8)9(15)14-11(10(16)17)1-2-18-6-11/h3-5H,1-2,6H2,(H,14,15)(H,16,17). The number of carboxylic acid groups (broad SMARTS) is 1. The van der Waals surface area contributed by atoms with Gasteiger partial charge in [0.05, 0.1) is 11.8 Å². The van der Waals surface area contributed by atoms with Crippen LogP contribution >= 0.6 is 11.8 Å². The highest BCUT2D eigenvalue weighted by molar-refractivity contribution is 7.99. The number of pyridine rings is 1. The van der Waals surface area contributed by atoms with Crippen LogP contribution in [-0.4, -0.2) is 39.0 Å². The Balaban J connectivity index is 2.18. The molecular formula is C11H11FN2O3S. The predicted molar refractivity (Wildman–Crippen MR) is 64.0 cm³/mol. The molecule has 1 aliphatic heterocycles. The van der Waals surface area contributed by atoms with Gasteiger partial charge in [-0.25, -0.2) is 9.18 Å². The number of halogens is 1. The fraction of sp³-hybridized carbons (Fsp3) is 0.364. The van der Waals surface area contributed by atoms with Crippen molar-refractivity contribution in [1.29, 1.82) is 0 Å². The Morgan fingerprint density at radius 1 is 1.50 bits per heavy atom. The molecule has 18 heavy (non-hydrogen) atoms. The number of nitrogens with one attached hydrogen (secondary N) is 1. The first-order valence-electron chi connectivity index (χ1n) is 5.28. The van der Waals surface area contributed by atoms with Crippen molar-refractivity contribution in [1.82, 2.24) is 10.3 Å². The summed E-state index contributed by atoms with van der Waals surface area (Å²) >= 11 is 1.46. The number of nitrogens with zero attached hydrogens (tertiary/aromatic N) is 1. The van der Waals surface area contributed by atoms with Crippen molar-refractivity contribution in [3.8, 4) is 0 Å². The first-order chi connectivity index (χ1) is 8.53. The van der Waals surface area contributed by atoms with Gasteiger partial charge in [-0.1, -0.05) is 0 Å². The molecule has 1 unspecified atom stereocenters. The number of carboxylic acids is 1. The van der Waals surface area contributed by atoms with Crippen molar-refractivity contribution in [2.75, 3.05) is 11.5 Å². The molecule has 1 aromatic heterocycles. The van der Waals surface area contributed by atoms with Gasteiger partial charge in [0.15, 0.2) is 0 Å². The zero-order valence-corrected chi connectivity index (χ0v) is 10.2. The maximum atomic E-state index is 12.9. The molecule has 1 aromatic rings. The zero-order valence-electron chi connectivity index (χ0n) is 9.35. The summed E-state index contributed by atoms with van der Waals surface area (Å²) in [5.74, 6) is -1.32. The van der Waals surface area contributed by atoms with Crippen molar-refractivity contribution in [2.24, 2.45) is 0 Å². The summed E-state index contributed by atoms with van der Waals surface area (Å²) in [6.07, 6.45) is 2.55. The Bertz CT molecular complexity index is 489. The van der Waals surface area contributed by atoms with Crippen molar-refractivity contribution >= 4 is 23.6 Å². The second kappa shape index (κ2) is 4.93. The van der Waals surface area contributed by atoms with Crippen LogP contribution in [0.5, 0.6) is 0 Å². The average molecular weight is 270 g/mol. The van der Waals surface area contributed by atoms with E-state index in [2.05, 4.69) is 10.3 Å². The monoisotopic (exact) mass is 270 g/mol. The van der Waals surface area contributed by atoms with Gasteiger partial charge in [0.2, 0.25) is 0 Å². The number of aromatic nitrogens is 1. The van der Waals surface area contributed by atoms with E-state index >= 15 is 0 Å². The Labute approximate surface area is 107 Å². The van der Waals surface area contributed by atoms with E-state index in [1.165, 1.54) is 18.0 Å². The lowest BCUT2D eigenvalue weighted by atomic mass is 9.98. The summed E-state index contributed by atoms with van der Waals surface area (Å²) in [6.45, 7) is 0. The molecule has 2 N–H and O–H groups in total. The lowest BCUT2D eigenvalue weighted by Crippen LogP contribution is -2.54. The van der Waals surface area contributed by atoms with Gasteiger partial charge in [-0.15, -0.1) is 0 Å². The molecule has 2 heterocycles. The minimum atomic E-state index is -1.26. The number of hydrogen-bond donors (Lipinski definition) is 2. The number of rotatable bonds is 3. The molecule has 1 saturated heterocycles. The van der Waals surface area contributed by atoms with Gasteiger partial charge in [0.25, 0.3) is 5.91 Å². The maximum absolute atomic E-state index is 12.9. The maximum Gasteiger partial charge on any atom is 0.330 e. The predicted octanol–water partition coefficient (Wildman–Crippen LogP) is 0.911. The third kappa shape index (κ3) is 2.45. The van der Waals surface area contributed by atoms with Crippen molar-refractivity contribution in [3.05, 3.63) is 29.8 Å². The van der Waals surface area contributed by atoms with Gasteiger partial charge in [0, 0.05) is 11.9 Å². The fourth-order valence-electron chi connectivity index (χ4n) is 1.71. The van der Waals surface area contributed by atoms with Crippen LogP contribution in [0.15, 0.2) is 18.5 Å². The minimum Gasteiger partial charge on any atom is -0.479 e. The van der Waals surface area contributed by atoms with Crippen LogP contribution in [0.3, 0.4) is 0 Å². The lowest BCUT2D eigenvalue weighted by molar-refractivity contribution is -0.143. The summed E-state index contributed by atoms with van der Waals surface area (Å²) in [5, 5.41) is 11.7. The van der Waals surface area contributed by atoms with Crippen molar-refractivity contribution in [3.63, 3.8) is 0 Å². The van der Waals surface area contributed by atoms with Crippen LogP contribution in [-0.2, 0) is 4.79 Å². The van der Waals surface area contributed by atoms with E-state index in [0.29, 0.717) is 17.9 Å². The summed E-state index contributed by atoms with van der Waals surface area (Å²) < 4.78 is 12.9. The van der Waals surface area contributed by atoms with Crippen LogP contribution in [0.25, 0.3) is 0 Å². The first-order valence-corrected chi connectivity index (χ1v) is 6.43. The van der Waals surface area contributed by atoms with E-state index in [0.717, 1.165) is 12.3 Å². The molecule has 1 fully saturated rings. The quantitative estimate of drug-likeness (QED) is 0.853. The molecule has 0 bridgehead atoms. The average Bonchev–Trinajstić information content (AvgIpc) is 2.79. The molecule has 1 aliphatic rings. The molecule has 0 aliphatic carbocycles. The van der Waals surface area contributed by atoms with Gasteiger partial charge < -0.3 is 10.4 Å². The molecule has 0 aromatic carbocycles. The largest absolute Gasteiger partial charge is 0.479 e. The Hall–Kier alpha value is -1.63. The molecule has 0 spiro atoms. The van der Waals surface area contributed by atoms with Crippen LogP contribution in [0.1, 0.15) is 16.8 Å². The summed E-state index contributed by atoms with van der Waals surface area (Å²) in [7, 11) is 0. The molecule has 0 saturated carbocycles. The normalized spacial score (nSPS) is 22.7. The second-order valence-corrected chi connectivity index (χ2v) is 5.14. The highest BCUT2D eigenvalue weighted by atomic mass is 32.2. The number of hydrogen-bond acceptors (Lipinski definition) is 4. The molecule has 1 atom stereocenters. The van der Waals surface area contributed by atoms with Crippen LogP contribution in [0.2, 0.25) is 0 Å². The Morgan fingerprint density at radius 3 is 2.83 bits per heavy atom. The highest BCUT2D eigenvalue weighted by Gasteiger charge is 2.43. The second-order valence-electron chi connectivity index (χ2n) is 4.04. The highest BCUT2D eigenvalue weighted by Crippen LogP contribution is 2.28. The molecular weight excluding hydrogens is 259 g/mol. The van der Waals surface area contributed by atoms with Crippen molar-refractivity contribution in [2.45, 2.75) is 12.0 Å². The van der Waals surface area contributed by atoms with Crippen LogP contribution in [0, 0.1) is 5.82 Å². The topological polar surface area (TPSA) is 79.3 Å². The lowest BCUT2D eigenvalue weighted by Gasteiger charge is -2.24. The molecule has 0 radical (unpaired) electrons. The van der Waals surface area contributed by atoms with Gasteiger partial charge in [-0.3, -0.25) is 9.78 Å². The van der Waals surface area contributed by atoms with E-state index in [1.54, 1.807) is 0 Å². The van der Waals surface area contributed by atoms with E-state index in [-0.39, 0.29) is 5.56 Å². The molecule has 2 rings (SSSR count). The van der Waals surface area contributed by atoms with E-state index in [4.69, 9.17) is 0 Å². The third-order valence-corrected chi connectivity index (χ3v) is 3.94.